The van der Waals surface area contributed by atoms with Crippen LogP contribution in [0.25, 0.3) is 0 Å². The first-order chi connectivity index (χ1) is 12.0. The number of ether oxygens (including phenoxy) is 1. The summed E-state index contributed by atoms with van der Waals surface area (Å²) in [5.74, 6) is -0.962. The number of carbonyl (C=O) groups is 3. The summed E-state index contributed by atoms with van der Waals surface area (Å²) >= 11 is 1.22. The third kappa shape index (κ3) is 3.44. The Kier molecular flexibility index (Phi) is 4.90. The quantitative estimate of drug-likeness (QED) is 0.622. The van der Waals surface area contributed by atoms with Crippen molar-refractivity contribution in [3.05, 3.63) is 59.7 Å². The Bertz CT molecular complexity index is 832. The number of anilines is 1. The van der Waals surface area contributed by atoms with E-state index in [9.17, 15) is 14.4 Å². The summed E-state index contributed by atoms with van der Waals surface area (Å²) in [5.41, 5.74) is 2.02. The van der Waals surface area contributed by atoms with E-state index in [1.807, 2.05) is 19.1 Å². The summed E-state index contributed by atoms with van der Waals surface area (Å²) in [6, 6.07) is 14.2. The Morgan fingerprint density at radius 1 is 1.12 bits per heavy atom. The van der Waals surface area contributed by atoms with E-state index in [0.717, 1.165) is 5.56 Å². The number of imide groups is 1. The maximum Gasteiger partial charge on any atom is 0.338 e. The van der Waals surface area contributed by atoms with Crippen molar-refractivity contribution in [2.45, 2.75) is 23.5 Å². The maximum atomic E-state index is 12.7. The first-order valence-electron chi connectivity index (χ1n) is 7.78. The molecule has 0 spiro atoms. The SMILES string of the molecule is COC(=O)c1ccccc1S[C@@H]1CC(=O)N(c2ccc(C)cc2)C1=O. The summed E-state index contributed by atoms with van der Waals surface area (Å²) in [7, 11) is 1.31. The number of thioether (sulfide) groups is 1. The molecule has 0 unspecified atom stereocenters. The van der Waals surface area contributed by atoms with E-state index in [-0.39, 0.29) is 18.2 Å². The van der Waals surface area contributed by atoms with Crippen LogP contribution in [0.4, 0.5) is 5.69 Å². The minimum Gasteiger partial charge on any atom is -0.465 e. The van der Waals surface area contributed by atoms with Gasteiger partial charge in [0.1, 0.15) is 0 Å². The smallest absolute Gasteiger partial charge is 0.338 e. The average molecular weight is 355 g/mol. The average Bonchev–Trinajstić information content (AvgIpc) is 2.89. The molecule has 1 fully saturated rings. The molecular weight excluding hydrogens is 338 g/mol. The molecule has 2 amide bonds. The Labute approximate surface area is 150 Å². The number of aryl methyl sites for hydroxylation is 1. The van der Waals surface area contributed by atoms with Crippen LogP contribution in [0, 0.1) is 6.92 Å². The highest BCUT2D eigenvalue weighted by Gasteiger charge is 2.40. The lowest BCUT2D eigenvalue weighted by Gasteiger charge is -2.15. The van der Waals surface area contributed by atoms with E-state index in [0.29, 0.717) is 16.1 Å². The fourth-order valence-corrected chi connectivity index (χ4v) is 3.84. The molecule has 1 atom stereocenters. The zero-order chi connectivity index (χ0) is 18.0. The van der Waals surface area contributed by atoms with Gasteiger partial charge < -0.3 is 4.74 Å². The van der Waals surface area contributed by atoms with Crippen molar-refractivity contribution in [2.75, 3.05) is 12.0 Å². The molecule has 25 heavy (non-hydrogen) atoms. The zero-order valence-corrected chi connectivity index (χ0v) is 14.7. The van der Waals surface area contributed by atoms with Crippen molar-refractivity contribution in [3.8, 4) is 0 Å². The molecular formula is C19H17NO4S. The number of amides is 2. The second-order valence-electron chi connectivity index (χ2n) is 5.70. The fraction of sp³-hybridized carbons (Fsp3) is 0.211. The topological polar surface area (TPSA) is 63.7 Å². The Hall–Kier alpha value is -2.60. The molecule has 128 valence electrons. The molecule has 3 rings (SSSR count). The number of hydrogen-bond acceptors (Lipinski definition) is 5. The standard InChI is InChI=1S/C19H17NO4S/c1-12-7-9-13(10-8-12)20-17(21)11-16(18(20)22)25-15-6-4-3-5-14(15)19(23)24-2/h3-10,16H,11H2,1-2H3/t16-/m1/s1. The van der Waals surface area contributed by atoms with Crippen molar-refractivity contribution in [1.29, 1.82) is 0 Å². The molecule has 1 aliphatic heterocycles. The van der Waals surface area contributed by atoms with E-state index >= 15 is 0 Å². The number of rotatable bonds is 4. The van der Waals surface area contributed by atoms with Gasteiger partial charge in [-0.05, 0) is 31.2 Å². The molecule has 2 aromatic rings. The summed E-state index contributed by atoms with van der Waals surface area (Å²) in [6.07, 6.45) is 0.104. The van der Waals surface area contributed by atoms with Gasteiger partial charge in [0.2, 0.25) is 11.8 Å². The lowest BCUT2D eigenvalue weighted by atomic mass is 10.2. The number of hydrogen-bond donors (Lipinski definition) is 0. The van der Waals surface area contributed by atoms with Crippen molar-refractivity contribution >= 4 is 35.2 Å². The van der Waals surface area contributed by atoms with E-state index in [1.165, 1.54) is 23.8 Å². The second kappa shape index (κ2) is 7.11. The molecule has 5 nitrogen and oxygen atoms in total. The van der Waals surface area contributed by atoms with Crippen LogP contribution in [0.15, 0.2) is 53.4 Å². The lowest BCUT2D eigenvalue weighted by molar-refractivity contribution is -0.121. The van der Waals surface area contributed by atoms with Crippen LogP contribution >= 0.6 is 11.8 Å². The van der Waals surface area contributed by atoms with Crippen LogP contribution in [0.2, 0.25) is 0 Å². The monoisotopic (exact) mass is 355 g/mol. The van der Waals surface area contributed by atoms with Crippen LogP contribution < -0.4 is 4.90 Å². The van der Waals surface area contributed by atoms with Gasteiger partial charge in [-0.15, -0.1) is 11.8 Å². The van der Waals surface area contributed by atoms with Gasteiger partial charge in [0.15, 0.2) is 0 Å². The summed E-state index contributed by atoms with van der Waals surface area (Å²) < 4.78 is 4.78. The van der Waals surface area contributed by atoms with E-state index in [4.69, 9.17) is 4.74 Å². The molecule has 0 bridgehead atoms. The van der Waals surface area contributed by atoms with Gasteiger partial charge in [-0.25, -0.2) is 9.69 Å². The zero-order valence-electron chi connectivity index (χ0n) is 13.9. The van der Waals surface area contributed by atoms with Crippen LogP contribution in [0.3, 0.4) is 0 Å². The second-order valence-corrected chi connectivity index (χ2v) is 6.95. The largest absolute Gasteiger partial charge is 0.465 e. The van der Waals surface area contributed by atoms with E-state index in [1.54, 1.807) is 36.4 Å². The Balaban J connectivity index is 1.84. The van der Waals surface area contributed by atoms with Gasteiger partial charge in [0.25, 0.3) is 0 Å². The van der Waals surface area contributed by atoms with Crippen LogP contribution in [0.5, 0.6) is 0 Å². The minimum atomic E-state index is -0.556. The molecule has 1 heterocycles. The Morgan fingerprint density at radius 3 is 2.48 bits per heavy atom. The van der Waals surface area contributed by atoms with Crippen molar-refractivity contribution in [2.24, 2.45) is 0 Å². The summed E-state index contributed by atoms with van der Waals surface area (Å²) in [6.45, 7) is 1.94. The summed E-state index contributed by atoms with van der Waals surface area (Å²) in [4.78, 5) is 38.8. The minimum absolute atomic E-state index is 0.104. The molecule has 0 saturated carbocycles. The third-order valence-electron chi connectivity index (χ3n) is 3.96. The highest BCUT2D eigenvalue weighted by Crippen LogP contribution is 2.35. The van der Waals surface area contributed by atoms with Crippen LogP contribution in [-0.2, 0) is 14.3 Å². The van der Waals surface area contributed by atoms with E-state index < -0.39 is 11.2 Å². The highest BCUT2D eigenvalue weighted by atomic mass is 32.2. The molecule has 0 aliphatic carbocycles. The van der Waals surface area contributed by atoms with Crippen LogP contribution in [-0.4, -0.2) is 30.1 Å². The number of esters is 1. The van der Waals surface area contributed by atoms with Crippen molar-refractivity contribution < 1.29 is 19.1 Å². The normalized spacial score (nSPS) is 17.0. The van der Waals surface area contributed by atoms with Gasteiger partial charge in [-0.3, -0.25) is 9.59 Å². The predicted octanol–water partition coefficient (Wildman–Crippen LogP) is 3.21. The van der Waals surface area contributed by atoms with E-state index in [2.05, 4.69) is 0 Å². The molecule has 0 radical (unpaired) electrons. The lowest BCUT2D eigenvalue weighted by Crippen LogP contribution is -2.31. The maximum absolute atomic E-state index is 12.7. The summed E-state index contributed by atoms with van der Waals surface area (Å²) in [5, 5.41) is -0.556. The number of nitrogens with zero attached hydrogens (tertiary/aromatic N) is 1. The molecule has 0 aromatic heterocycles. The number of benzene rings is 2. The van der Waals surface area contributed by atoms with Gasteiger partial charge in [0.05, 0.1) is 23.6 Å². The van der Waals surface area contributed by atoms with Gasteiger partial charge >= 0.3 is 5.97 Å². The van der Waals surface area contributed by atoms with Crippen molar-refractivity contribution in [3.63, 3.8) is 0 Å². The molecule has 1 aliphatic rings. The molecule has 2 aromatic carbocycles. The fourth-order valence-electron chi connectivity index (χ4n) is 2.66. The van der Waals surface area contributed by atoms with Crippen molar-refractivity contribution in [1.82, 2.24) is 0 Å². The predicted molar refractivity (Wildman–Crippen MR) is 95.7 cm³/mol. The number of methoxy groups -OCH3 is 1. The molecule has 6 heteroatoms. The van der Waals surface area contributed by atoms with Gasteiger partial charge in [-0.1, -0.05) is 29.8 Å². The first kappa shape index (κ1) is 17.2. The Morgan fingerprint density at radius 2 is 1.80 bits per heavy atom. The molecule has 0 N–H and O–H groups in total. The van der Waals surface area contributed by atoms with Crippen LogP contribution in [0.1, 0.15) is 22.3 Å². The highest BCUT2D eigenvalue weighted by molar-refractivity contribution is 8.00. The first-order valence-corrected chi connectivity index (χ1v) is 8.66. The molecule has 1 saturated heterocycles. The van der Waals surface area contributed by atoms with Gasteiger partial charge in [0, 0.05) is 11.3 Å². The van der Waals surface area contributed by atoms with Gasteiger partial charge in [-0.2, -0.15) is 0 Å². The number of carbonyl (C=O) groups excluding carboxylic acids is 3. The third-order valence-corrected chi connectivity index (χ3v) is 5.22.